The number of benzene rings is 2. The highest BCUT2D eigenvalue weighted by molar-refractivity contribution is 6.01. The van der Waals surface area contributed by atoms with Crippen molar-refractivity contribution in [3.05, 3.63) is 89.3 Å². The lowest BCUT2D eigenvalue weighted by Gasteiger charge is -2.39. The summed E-state index contributed by atoms with van der Waals surface area (Å²) < 4.78 is 60.9. The molecular formula is C22H19F4N5. The van der Waals surface area contributed by atoms with E-state index in [4.69, 9.17) is 5.26 Å². The molecule has 9 heteroatoms. The molecule has 0 aliphatic heterocycles. The third-order valence-electron chi connectivity index (χ3n) is 5.05. The maximum absolute atomic E-state index is 16.0. The highest BCUT2D eigenvalue weighted by Crippen LogP contribution is 2.43. The molecule has 5 nitrogen and oxygen atoms in total. The molecule has 0 saturated heterocycles. The first-order chi connectivity index (χ1) is 14.7. The Morgan fingerprint density at radius 1 is 1.23 bits per heavy atom. The predicted molar refractivity (Wildman–Crippen MR) is 108 cm³/mol. The molecule has 2 aromatic carbocycles. The van der Waals surface area contributed by atoms with Crippen molar-refractivity contribution in [3.63, 3.8) is 0 Å². The largest absolute Gasteiger partial charge is 0.317 e. The number of halogens is 4. The summed E-state index contributed by atoms with van der Waals surface area (Å²) in [4.78, 5) is 4.09. The lowest BCUT2D eigenvalue weighted by atomic mass is 9.82. The van der Waals surface area contributed by atoms with E-state index in [2.05, 4.69) is 15.3 Å². The fourth-order valence-electron chi connectivity index (χ4n) is 3.19. The molecule has 1 aromatic heterocycles. The van der Waals surface area contributed by atoms with Crippen LogP contribution in [0.25, 0.3) is 0 Å². The first-order valence-electron chi connectivity index (χ1n) is 9.32. The fourth-order valence-corrected chi connectivity index (χ4v) is 3.19. The number of nitriles is 1. The minimum atomic E-state index is -3.72. The molecule has 1 atom stereocenters. The second kappa shape index (κ2) is 8.60. The molecule has 0 aliphatic rings. The molecule has 3 aromatic rings. The van der Waals surface area contributed by atoms with Crippen LogP contribution in [0.2, 0.25) is 0 Å². The number of aromatic amines is 1. The van der Waals surface area contributed by atoms with Gasteiger partial charge in [-0.05, 0) is 43.7 Å². The Hall–Kier alpha value is -3.67. The molecule has 0 fully saturated rings. The van der Waals surface area contributed by atoms with Crippen molar-refractivity contribution in [3.8, 4) is 6.07 Å². The summed E-state index contributed by atoms with van der Waals surface area (Å²) in [7, 11) is 0. The number of nitrogens with zero attached hydrogens (tertiary/aromatic N) is 4. The van der Waals surface area contributed by atoms with E-state index in [0.717, 1.165) is 36.1 Å². The predicted octanol–water partition coefficient (Wildman–Crippen LogP) is 4.98. The van der Waals surface area contributed by atoms with Crippen molar-refractivity contribution in [1.29, 1.82) is 5.26 Å². The summed E-state index contributed by atoms with van der Waals surface area (Å²) >= 11 is 0. The fraction of sp³-hybridized carbons (Fsp3) is 0.227. The average molecular weight is 429 g/mol. The van der Waals surface area contributed by atoms with Gasteiger partial charge in [-0.3, -0.25) is 4.99 Å². The van der Waals surface area contributed by atoms with Crippen LogP contribution in [-0.4, -0.2) is 26.6 Å². The van der Waals surface area contributed by atoms with Gasteiger partial charge in [0.1, 0.15) is 23.7 Å². The van der Waals surface area contributed by atoms with Crippen molar-refractivity contribution in [2.24, 2.45) is 4.99 Å². The quantitative estimate of drug-likeness (QED) is 0.425. The van der Waals surface area contributed by atoms with Crippen molar-refractivity contribution in [2.75, 3.05) is 0 Å². The zero-order valence-electron chi connectivity index (χ0n) is 16.8. The Morgan fingerprint density at radius 3 is 2.42 bits per heavy atom. The molecule has 1 unspecified atom stereocenters. The Bertz CT molecular complexity index is 1140. The van der Waals surface area contributed by atoms with E-state index in [1.54, 1.807) is 31.2 Å². The van der Waals surface area contributed by atoms with Gasteiger partial charge in [0, 0.05) is 11.6 Å². The van der Waals surface area contributed by atoms with Crippen LogP contribution in [0.15, 0.2) is 65.9 Å². The Labute approximate surface area is 176 Å². The second-order valence-electron chi connectivity index (χ2n) is 7.00. The normalized spacial score (nSPS) is 14.5. The van der Waals surface area contributed by atoms with Gasteiger partial charge in [-0.25, -0.2) is 18.7 Å². The molecular weight excluding hydrogens is 410 g/mol. The van der Waals surface area contributed by atoms with Crippen molar-refractivity contribution >= 4 is 5.71 Å². The summed E-state index contributed by atoms with van der Waals surface area (Å²) in [5.41, 5.74) is -2.25. The minimum Gasteiger partial charge on any atom is -0.279 e. The number of aliphatic imine (C=N–C) groups is 1. The number of alkyl halides is 2. The van der Waals surface area contributed by atoms with Gasteiger partial charge in [0.05, 0.1) is 18.2 Å². The van der Waals surface area contributed by atoms with Gasteiger partial charge in [-0.1, -0.05) is 24.3 Å². The third-order valence-corrected chi connectivity index (χ3v) is 5.05. The Morgan fingerprint density at radius 2 is 1.90 bits per heavy atom. The summed E-state index contributed by atoms with van der Waals surface area (Å²) in [6, 6.07) is 10.8. The molecule has 0 saturated carbocycles. The van der Waals surface area contributed by atoms with Crippen molar-refractivity contribution in [1.82, 2.24) is 15.0 Å². The van der Waals surface area contributed by atoms with Gasteiger partial charge >= 0.3 is 5.92 Å². The number of rotatable bonds is 7. The van der Waals surface area contributed by atoms with Crippen LogP contribution in [0.5, 0.6) is 0 Å². The number of nitrogens with one attached hydrogen (secondary N) is 1. The van der Waals surface area contributed by atoms with Crippen molar-refractivity contribution < 1.29 is 17.6 Å². The number of H-pyrrole nitrogens is 1. The van der Waals surface area contributed by atoms with Crippen LogP contribution in [0.4, 0.5) is 17.6 Å². The highest BCUT2D eigenvalue weighted by Gasteiger charge is 2.57. The van der Waals surface area contributed by atoms with Gasteiger partial charge in [-0.15, -0.1) is 5.10 Å². The van der Waals surface area contributed by atoms with Crippen LogP contribution in [0.1, 0.15) is 30.5 Å². The maximum Gasteiger partial charge on any atom is 0.317 e. The van der Waals surface area contributed by atoms with E-state index in [1.807, 2.05) is 6.07 Å². The first kappa shape index (κ1) is 22.0. The molecule has 1 N–H and O–H groups in total. The summed E-state index contributed by atoms with van der Waals surface area (Å²) in [5, 5.41) is 14.9. The summed E-state index contributed by atoms with van der Waals surface area (Å²) in [5.74, 6) is -5.71. The van der Waals surface area contributed by atoms with Gasteiger partial charge in [-0.2, -0.15) is 14.0 Å². The molecule has 0 aliphatic carbocycles. The van der Waals surface area contributed by atoms with Crippen LogP contribution < -0.4 is 0 Å². The molecule has 31 heavy (non-hydrogen) atoms. The van der Waals surface area contributed by atoms with Gasteiger partial charge in [0.25, 0.3) is 0 Å². The van der Waals surface area contributed by atoms with Crippen LogP contribution in [0.3, 0.4) is 0 Å². The standard InChI is InChI=1S/C22H19F4N5/c1-3-4-20(28-13-16-7-5-15(12-27)6-8-16)22(25,26)21(2,31-14-29-30-31)18-10-9-17(23)11-19(18)24/h3-11,14,30H,13H2,1-2H3/b4-3-,28-20?. The Kier molecular flexibility index (Phi) is 6.11. The van der Waals surface area contributed by atoms with E-state index < -0.39 is 34.4 Å². The molecule has 3 rings (SSSR count). The summed E-state index contributed by atoms with van der Waals surface area (Å²) in [6.07, 6.45) is 3.66. The van der Waals surface area contributed by atoms with E-state index >= 15 is 8.78 Å². The third kappa shape index (κ3) is 4.01. The van der Waals surface area contributed by atoms with E-state index in [-0.39, 0.29) is 6.54 Å². The van der Waals surface area contributed by atoms with Crippen LogP contribution in [-0.2, 0) is 12.1 Å². The highest BCUT2D eigenvalue weighted by atomic mass is 19.3. The van der Waals surface area contributed by atoms with Crippen molar-refractivity contribution in [2.45, 2.75) is 31.9 Å². The minimum absolute atomic E-state index is 0.0789. The number of hydrogen-bond donors (Lipinski definition) is 1. The number of aromatic nitrogens is 3. The lowest BCUT2D eigenvalue weighted by molar-refractivity contribution is -0.0333. The lowest BCUT2D eigenvalue weighted by Crippen LogP contribution is -2.55. The molecule has 0 bridgehead atoms. The van der Waals surface area contributed by atoms with Crippen LogP contribution in [0, 0.1) is 23.0 Å². The Balaban J connectivity index is 2.08. The van der Waals surface area contributed by atoms with Gasteiger partial charge < -0.3 is 0 Å². The van der Waals surface area contributed by atoms with Gasteiger partial charge in [0.2, 0.25) is 0 Å². The topological polar surface area (TPSA) is 69.8 Å². The molecule has 0 radical (unpaired) electrons. The zero-order chi connectivity index (χ0) is 22.6. The summed E-state index contributed by atoms with van der Waals surface area (Å²) in [6.45, 7) is 2.61. The second-order valence-corrected chi connectivity index (χ2v) is 7.00. The molecule has 160 valence electrons. The van der Waals surface area contributed by atoms with E-state index in [1.165, 1.54) is 6.08 Å². The molecule has 0 spiro atoms. The molecule has 0 amide bonds. The molecule has 1 heterocycles. The number of allylic oxidation sites excluding steroid dienone is 2. The average Bonchev–Trinajstić information content (AvgIpc) is 2.69. The van der Waals surface area contributed by atoms with Crippen LogP contribution >= 0.6 is 0 Å². The zero-order valence-corrected chi connectivity index (χ0v) is 16.8. The van der Waals surface area contributed by atoms with E-state index in [0.29, 0.717) is 17.2 Å². The first-order valence-corrected chi connectivity index (χ1v) is 9.32. The maximum atomic E-state index is 16.0. The monoisotopic (exact) mass is 429 g/mol. The van der Waals surface area contributed by atoms with E-state index in [9.17, 15) is 8.78 Å². The smallest absolute Gasteiger partial charge is 0.279 e. The van der Waals surface area contributed by atoms with Gasteiger partial charge in [0.15, 0.2) is 5.54 Å². The number of hydrogen-bond acceptors (Lipinski definition) is 3. The SMILES string of the molecule is C/C=C\C(=NCc1ccc(C#N)cc1)C(F)(F)C(C)(c1ccc(F)cc1F)n1cn[nH]1.